The van der Waals surface area contributed by atoms with E-state index in [1.165, 1.54) is 0 Å². The second-order valence-corrected chi connectivity index (χ2v) is 7.97. The maximum atomic E-state index is 13.2. The number of hydrogen-bond acceptors (Lipinski definition) is 2. The third-order valence-corrected chi connectivity index (χ3v) is 5.68. The van der Waals surface area contributed by atoms with Crippen LogP contribution in [0.15, 0.2) is 42.5 Å². The Labute approximate surface area is 187 Å². The Morgan fingerprint density at radius 3 is 2.34 bits per heavy atom. The lowest BCUT2D eigenvalue weighted by Crippen LogP contribution is -2.49. The third kappa shape index (κ3) is 6.63. The second-order valence-electron chi connectivity index (χ2n) is 6.75. The lowest BCUT2D eigenvalue weighted by atomic mass is 10.1. The van der Waals surface area contributed by atoms with Crippen molar-refractivity contribution in [1.82, 2.24) is 10.2 Å². The highest BCUT2D eigenvalue weighted by molar-refractivity contribution is 6.42. The average Bonchev–Trinajstić information content (AvgIpc) is 2.70. The molecule has 2 rings (SSSR count). The van der Waals surface area contributed by atoms with Gasteiger partial charge in [-0.25, -0.2) is 0 Å². The van der Waals surface area contributed by atoms with Gasteiger partial charge in [-0.05, 0) is 42.2 Å². The highest BCUT2D eigenvalue weighted by Gasteiger charge is 2.29. The minimum absolute atomic E-state index is 0.110. The predicted octanol–water partition coefficient (Wildman–Crippen LogP) is 5.52. The molecule has 29 heavy (non-hydrogen) atoms. The standard InChI is InChI=1S/C22H25Cl3N2O2/c1-3-11-26-22(29)20(4-2)27(14-16-7-5-6-8-17(16)23)21(28)13-15-9-10-18(24)19(25)12-15/h5-10,12,20H,3-4,11,13-14H2,1-2H3,(H,26,29)/t20-/m1/s1. The Hall–Kier alpha value is -1.75. The summed E-state index contributed by atoms with van der Waals surface area (Å²) < 4.78 is 0. The zero-order valence-corrected chi connectivity index (χ0v) is 18.8. The maximum absolute atomic E-state index is 13.2. The van der Waals surface area contributed by atoms with Crippen LogP contribution in [-0.2, 0) is 22.6 Å². The van der Waals surface area contributed by atoms with Gasteiger partial charge >= 0.3 is 0 Å². The van der Waals surface area contributed by atoms with Gasteiger partial charge in [-0.2, -0.15) is 0 Å². The Bertz CT molecular complexity index is 858. The lowest BCUT2D eigenvalue weighted by Gasteiger charge is -2.31. The molecule has 0 unspecified atom stereocenters. The zero-order chi connectivity index (χ0) is 21.4. The smallest absolute Gasteiger partial charge is 0.242 e. The van der Waals surface area contributed by atoms with E-state index in [1.54, 1.807) is 29.2 Å². The molecule has 7 heteroatoms. The molecule has 0 aliphatic heterocycles. The van der Waals surface area contributed by atoms with Crippen LogP contribution in [0.5, 0.6) is 0 Å². The highest BCUT2D eigenvalue weighted by Crippen LogP contribution is 2.24. The number of benzene rings is 2. The second kappa shape index (κ2) is 11.4. The minimum atomic E-state index is -0.590. The van der Waals surface area contributed by atoms with Crippen molar-refractivity contribution in [2.24, 2.45) is 0 Å². The van der Waals surface area contributed by atoms with Gasteiger partial charge in [0, 0.05) is 18.1 Å². The van der Waals surface area contributed by atoms with Gasteiger partial charge in [0.2, 0.25) is 11.8 Å². The van der Waals surface area contributed by atoms with E-state index in [0.29, 0.717) is 28.0 Å². The Morgan fingerprint density at radius 2 is 1.72 bits per heavy atom. The van der Waals surface area contributed by atoms with E-state index < -0.39 is 6.04 Å². The molecular weight excluding hydrogens is 431 g/mol. The molecule has 0 aliphatic carbocycles. The molecule has 0 bridgehead atoms. The Morgan fingerprint density at radius 1 is 1.00 bits per heavy atom. The minimum Gasteiger partial charge on any atom is -0.354 e. The molecular formula is C22H25Cl3N2O2. The van der Waals surface area contributed by atoms with Gasteiger partial charge in [-0.15, -0.1) is 0 Å². The normalized spacial score (nSPS) is 11.8. The van der Waals surface area contributed by atoms with Crippen LogP contribution in [-0.4, -0.2) is 29.3 Å². The molecule has 0 aliphatic rings. The van der Waals surface area contributed by atoms with E-state index in [0.717, 1.165) is 17.5 Å². The van der Waals surface area contributed by atoms with E-state index in [2.05, 4.69) is 5.32 Å². The summed E-state index contributed by atoms with van der Waals surface area (Å²) in [4.78, 5) is 27.6. The first-order valence-corrected chi connectivity index (χ1v) is 10.7. The molecule has 0 saturated carbocycles. The number of halogens is 3. The number of nitrogens with zero attached hydrogens (tertiary/aromatic N) is 1. The Balaban J connectivity index is 2.30. The first kappa shape index (κ1) is 23.5. The fourth-order valence-electron chi connectivity index (χ4n) is 3.02. The summed E-state index contributed by atoms with van der Waals surface area (Å²) >= 11 is 18.4. The van der Waals surface area contributed by atoms with E-state index in [9.17, 15) is 9.59 Å². The molecule has 0 heterocycles. The summed E-state index contributed by atoms with van der Waals surface area (Å²) in [5.74, 6) is -0.342. The summed E-state index contributed by atoms with van der Waals surface area (Å²) in [6, 6.07) is 11.8. The van der Waals surface area contributed by atoms with Crippen molar-refractivity contribution in [2.45, 2.75) is 45.7 Å². The SMILES string of the molecule is CCCNC(=O)[C@@H](CC)N(Cc1ccccc1Cl)C(=O)Cc1ccc(Cl)c(Cl)c1. The van der Waals surface area contributed by atoms with Gasteiger partial charge in [-0.1, -0.05) is 72.9 Å². The van der Waals surface area contributed by atoms with Crippen molar-refractivity contribution in [3.63, 3.8) is 0 Å². The maximum Gasteiger partial charge on any atom is 0.242 e. The number of carbonyl (C=O) groups is 2. The van der Waals surface area contributed by atoms with Gasteiger partial charge in [0.15, 0.2) is 0 Å². The number of nitrogens with one attached hydrogen (secondary N) is 1. The van der Waals surface area contributed by atoms with Crippen molar-refractivity contribution in [1.29, 1.82) is 0 Å². The largest absolute Gasteiger partial charge is 0.354 e. The molecule has 0 aromatic heterocycles. The van der Waals surface area contributed by atoms with Crippen molar-refractivity contribution in [3.05, 3.63) is 68.7 Å². The number of hydrogen-bond donors (Lipinski definition) is 1. The van der Waals surface area contributed by atoms with Crippen LogP contribution in [0.3, 0.4) is 0 Å². The third-order valence-electron chi connectivity index (χ3n) is 4.57. The van der Waals surface area contributed by atoms with Crippen molar-refractivity contribution in [2.75, 3.05) is 6.54 Å². The van der Waals surface area contributed by atoms with E-state index in [1.807, 2.05) is 32.0 Å². The molecule has 2 aromatic carbocycles. The van der Waals surface area contributed by atoms with Crippen LogP contribution < -0.4 is 5.32 Å². The topological polar surface area (TPSA) is 49.4 Å². The first-order valence-electron chi connectivity index (χ1n) is 9.61. The van der Waals surface area contributed by atoms with Gasteiger partial charge in [0.1, 0.15) is 6.04 Å². The molecule has 0 fully saturated rings. The van der Waals surface area contributed by atoms with Crippen LogP contribution >= 0.6 is 34.8 Å². The average molecular weight is 456 g/mol. The first-order chi connectivity index (χ1) is 13.9. The van der Waals surface area contributed by atoms with E-state index in [-0.39, 0.29) is 24.8 Å². The summed E-state index contributed by atoms with van der Waals surface area (Å²) in [6.45, 7) is 4.69. The molecule has 2 aromatic rings. The molecule has 156 valence electrons. The summed E-state index contributed by atoms with van der Waals surface area (Å²) in [5.41, 5.74) is 1.52. The molecule has 0 radical (unpaired) electrons. The van der Waals surface area contributed by atoms with Gasteiger partial charge in [0.25, 0.3) is 0 Å². The van der Waals surface area contributed by atoms with Gasteiger partial charge in [0.05, 0.1) is 16.5 Å². The van der Waals surface area contributed by atoms with Gasteiger partial charge < -0.3 is 10.2 Å². The van der Waals surface area contributed by atoms with E-state index in [4.69, 9.17) is 34.8 Å². The molecule has 4 nitrogen and oxygen atoms in total. The van der Waals surface area contributed by atoms with Crippen molar-refractivity contribution in [3.8, 4) is 0 Å². The summed E-state index contributed by atoms with van der Waals surface area (Å²) in [6.07, 6.45) is 1.43. The summed E-state index contributed by atoms with van der Waals surface area (Å²) in [5, 5.41) is 4.28. The monoisotopic (exact) mass is 454 g/mol. The number of amides is 2. The van der Waals surface area contributed by atoms with Crippen LogP contribution in [0.4, 0.5) is 0 Å². The van der Waals surface area contributed by atoms with Crippen molar-refractivity contribution < 1.29 is 9.59 Å². The molecule has 1 N–H and O–H groups in total. The fraction of sp³-hybridized carbons (Fsp3) is 0.364. The highest BCUT2D eigenvalue weighted by atomic mass is 35.5. The van der Waals surface area contributed by atoms with Crippen LogP contribution in [0.25, 0.3) is 0 Å². The van der Waals surface area contributed by atoms with Crippen LogP contribution in [0, 0.1) is 0 Å². The molecule has 2 amide bonds. The van der Waals surface area contributed by atoms with Crippen LogP contribution in [0.2, 0.25) is 15.1 Å². The predicted molar refractivity (Wildman–Crippen MR) is 120 cm³/mol. The molecule has 0 spiro atoms. The lowest BCUT2D eigenvalue weighted by molar-refractivity contribution is -0.140. The zero-order valence-electron chi connectivity index (χ0n) is 16.6. The number of rotatable bonds is 9. The summed E-state index contributed by atoms with van der Waals surface area (Å²) in [7, 11) is 0. The molecule has 1 atom stereocenters. The van der Waals surface area contributed by atoms with Gasteiger partial charge in [-0.3, -0.25) is 9.59 Å². The number of carbonyl (C=O) groups excluding carboxylic acids is 2. The van der Waals surface area contributed by atoms with Crippen molar-refractivity contribution >= 4 is 46.6 Å². The Kier molecular flexibility index (Phi) is 9.28. The van der Waals surface area contributed by atoms with Crippen LogP contribution in [0.1, 0.15) is 37.8 Å². The van der Waals surface area contributed by atoms with E-state index >= 15 is 0 Å². The molecule has 0 saturated heterocycles. The fourth-order valence-corrected chi connectivity index (χ4v) is 3.54. The quantitative estimate of drug-likeness (QED) is 0.541.